The number of carbonyl (C=O) groups is 1. The predicted octanol–water partition coefficient (Wildman–Crippen LogP) is 2.29. The molecule has 0 aromatic heterocycles. The van der Waals surface area contributed by atoms with Crippen molar-refractivity contribution in [1.82, 2.24) is 0 Å². The molecule has 0 radical (unpaired) electrons. The number of hydrogen-bond donors (Lipinski definition) is 0. The third-order valence-corrected chi connectivity index (χ3v) is 2.83. The first-order chi connectivity index (χ1) is 6.64. The van der Waals surface area contributed by atoms with Crippen molar-refractivity contribution in [3.8, 4) is 0 Å². The van der Waals surface area contributed by atoms with Gasteiger partial charge in [-0.2, -0.15) is 0 Å². The van der Waals surface area contributed by atoms with Crippen LogP contribution < -0.4 is 0 Å². The lowest BCUT2D eigenvalue weighted by Crippen LogP contribution is -2.18. The van der Waals surface area contributed by atoms with Crippen molar-refractivity contribution in [3.05, 3.63) is 0 Å². The summed E-state index contributed by atoms with van der Waals surface area (Å²) in [5.41, 5.74) is -0.235. The highest BCUT2D eigenvalue weighted by Crippen LogP contribution is 2.41. The molecule has 0 spiro atoms. The molecule has 1 aliphatic rings. The summed E-state index contributed by atoms with van der Waals surface area (Å²) >= 11 is 0. The lowest BCUT2D eigenvalue weighted by atomic mass is 9.99. The highest BCUT2D eigenvalue weighted by molar-refractivity contribution is 5.79. The van der Waals surface area contributed by atoms with Crippen molar-refractivity contribution in [2.45, 2.75) is 57.7 Å². The maximum atomic E-state index is 11.1. The molecule has 1 heterocycles. The molecule has 1 saturated heterocycles. The Morgan fingerprint density at radius 2 is 2.14 bits per heavy atom. The molecular weight excluding hydrogens is 180 g/mol. The first-order valence-corrected chi connectivity index (χ1v) is 5.39. The van der Waals surface area contributed by atoms with Gasteiger partial charge in [0, 0.05) is 0 Å². The fourth-order valence-corrected chi connectivity index (χ4v) is 1.73. The molecule has 0 aliphatic carbocycles. The Morgan fingerprint density at radius 3 is 2.71 bits per heavy atom. The van der Waals surface area contributed by atoms with Crippen LogP contribution in [-0.2, 0) is 14.3 Å². The summed E-state index contributed by atoms with van der Waals surface area (Å²) in [6.07, 6.45) is 5.51. The number of methoxy groups -OCH3 is 1. The van der Waals surface area contributed by atoms with Gasteiger partial charge in [-0.25, -0.2) is 4.79 Å². The topological polar surface area (TPSA) is 38.8 Å². The highest BCUT2D eigenvalue weighted by Gasteiger charge is 2.57. The molecule has 2 atom stereocenters. The molecule has 1 aliphatic heterocycles. The molecule has 0 amide bonds. The van der Waals surface area contributed by atoms with Gasteiger partial charge in [0.2, 0.25) is 0 Å². The van der Waals surface area contributed by atoms with E-state index < -0.39 is 0 Å². The lowest BCUT2D eigenvalue weighted by Gasteiger charge is -2.04. The zero-order valence-corrected chi connectivity index (χ0v) is 9.34. The van der Waals surface area contributed by atoms with Gasteiger partial charge in [-0.15, -0.1) is 0 Å². The number of hydrogen-bond acceptors (Lipinski definition) is 3. The van der Waals surface area contributed by atoms with Crippen molar-refractivity contribution in [1.29, 1.82) is 0 Å². The van der Waals surface area contributed by atoms with Crippen molar-refractivity contribution in [2.75, 3.05) is 7.11 Å². The van der Waals surface area contributed by atoms with Gasteiger partial charge < -0.3 is 9.47 Å². The Bertz CT molecular complexity index is 203. The SMILES string of the molecule is CCCCCCC1(C)OC1C(=O)OC. The summed E-state index contributed by atoms with van der Waals surface area (Å²) in [6.45, 7) is 4.17. The molecular formula is C11H20O3. The minimum absolute atomic E-state index is 0.233. The fraction of sp³-hybridized carbons (Fsp3) is 0.909. The Morgan fingerprint density at radius 1 is 1.43 bits per heavy atom. The van der Waals surface area contributed by atoms with Gasteiger partial charge >= 0.3 is 5.97 Å². The monoisotopic (exact) mass is 200 g/mol. The summed E-state index contributed by atoms with van der Waals surface area (Å²) in [5, 5.41) is 0. The van der Waals surface area contributed by atoms with E-state index >= 15 is 0 Å². The Kier molecular flexibility index (Phi) is 3.93. The lowest BCUT2D eigenvalue weighted by molar-refractivity contribution is -0.142. The third kappa shape index (κ3) is 2.71. The molecule has 3 heteroatoms. The van der Waals surface area contributed by atoms with Crippen LogP contribution in [0.15, 0.2) is 0 Å². The summed E-state index contributed by atoms with van der Waals surface area (Å²) in [7, 11) is 1.40. The van der Waals surface area contributed by atoms with E-state index in [1.807, 2.05) is 6.92 Å². The molecule has 2 unspecified atom stereocenters. The van der Waals surface area contributed by atoms with Crippen LogP contribution in [0, 0.1) is 0 Å². The number of esters is 1. The van der Waals surface area contributed by atoms with Gasteiger partial charge in [0.05, 0.1) is 7.11 Å². The second kappa shape index (κ2) is 4.78. The van der Waals surface area contributed by atoms with E-state index in [2.05, 4.69) is 11.7 Å². The van der Waals surface area contributed by atoms with E-state index in [-0.39, 0.29) is 17.7 Å². The third-order valence-electron chi connectivity index (χ3n) is 2.83. The summed E-state index contributed by atoms with van der Waals surface area (Å²) < 4.78 is 10.00. The van der Waals surface area contributed by atoms with Gasteiger partial charge in [-0.3, -0.25) is 0 Å². The Hall–Kier alpha value is -0.570. The highest BCUT2D eigenvalue weighted by atomic mass is 16.6. The quantitative estimate of drug-likeness (QED) is 0.375. The molecule has 0 aromatic rings. The first kappa shape index (κ1) is 11.5. The van der Waals surface area contributed by atoms with Crippen LogP contribution in [-0.4, -0.2) is 24.8 Å². The molecule has 3 nitrogen and oxygen atoms in total. The largest absolute Gasteiger partial charge is 0.467 e. The van der Waals surface area contributed by atoms with E-state index in [1.165, 1.54) is 26.4 Å². The molecule has 1 fully saturated rings. The molecule has 0 bridgehead atoms. The van der Waals surface area contributed by atoms with E-state index in [1.54, 1.807) is 0 Å². The molecule has 82 valence electrons. The van der Waals surface area contributed by atoms with E-state index in [4.69, 9.17) is 4.74 Å². The first-order valence-electron chi connectivity index (χ1n) is 5.39. The van der Waals surface area contributed by atoms with E-state index in [9.17, 15) is 4.79 Å². The number of ether oxygens (including phenoxy) is 2. The number of unbranched alkanes of at least 4 members (excludes halogenated alkanes) is 3. The zero-order chi connectivity index (χ0) is 10.6. The van der Waals surface area contributed by atoms with Crippen molar-refractivity contribution < 1.29 is 14.3 Å². The standard InChI is InChI=1S/C11H20O3/c1-4-5-6-7-8-11(2)9(14-11)10(12)13-3/h9H,4-8H2,1-3H3. The van der Waals surface area contributed by atoms with Crippen molar-refractivity contribution in [3.63, 3.8) is 0 Å². The van der Waals surface area contributed by atoms with E-state index in [0.29, 0.717) is 0 Å². The van der Waals surface area contributed by atoms with Crippen LogP contribution in [0.5, 0.6) is 0 Å². The van der Waals surface area contributed by atoms with Crippen LogP contribution in [0.1, 0.15) is 46.0 Å². The molecule has 0 saturated carbocycles. The van der Waals surface area contributed by atoms with Crippen molar-refractivity contribution in [2.24, 2.45) is 0 Å². The maximum Gasteiger partial charge on any atom is 0.338 e. The second-order valence-electron chi connectivity index (χ2n) is 4.14. The molecule has 0 N–H and O–H groups in total. The number of epoxide rings is 1. The van der Waals surface area contributed by atoms with Gasteiger partial charge in [0.15, 0.2) is 6.10 Å². The summed E-state index contributed by atoms with van der Waals surface area (Å²) in [4.78, 5) is 11.1. The smallest absolute Gasteiger partial charge is 0.338 e. The van der Waals surface area contributed by atoms with Gasteiger partial charge in [0.1, 0.15) is 5.60 Å². The van der Waals surface area contributed by atoms with Crippen molar-refractivity contribution >= 4 is 5.97 Å². The zero-order valence-electron chi connectivity index (χ0n) is 9.34. The predicted molar refractivity (Wildman–Crippen MR) is 54.1 cm³/mol. The normalized spacial score (nSPS) is 30.1. The number of carbonyl (C=O) groups excluding carboxylic acids is 1. The maximum absolute atomic E-state index is 11.1. The average Bonchev–Trinajstić information content (AvgIpc) is 2.85. The summed E-state index contributed by atoms with van der Waals surface area (Å²) in [6, 6.07) is 0. The van der Waals surface area contributed by atoms with Gasteiger partial charge in [0.25, 0.3) is 0 Å². The molecule has 1 rings (SSSR count). The van der Waals surface area contributed by atoms with E-state index in [0.717, 1.165) is 12.8 Å². The molecule has 0 aromatic carbocycles. The fourth-order valence-electron chi connectivity index (χ4n) is 1.73. The van der Waals surface area contributed by atoms with Crippen LogP contribution >= 0.6 is 0 Å². The van der Waals surface area contributed by atoms with Crippen LogP contribution in [0.3, 0.4) is 0 Å². The minimum atomic E-state index is -0.311. The van der Waals surface area contributed by atoms with Gasteiger partial charge in [-0.1, -0.05) is 32.6 Å². The van der Waals surface area contributed by atoms with Crippen LogP contribution in [0.2, 0.25) is 0 Å². The van der Waals surface area contributed by atoms with Crippen LogP contribution in [0.25, 0.3) is 0 Å². The number of rotatable bonds is 6. The van der Waals surface area contributed by atoms with Crippen LogP contribution in [0.4, 0.5) is 0 Å². The minimum Gasteiger partial charge on any atom is -0.467 e. The average molecular weight is 200 g/mol. The summed E-state index contributed by atoms with van der Waals surface area (Å²) in [5.74, 6) is -0.233. The second-order valence-corrected chi connectivity index (χ2v) is 4.14. The molecule has 14 heavy (non-hydrogen) atoms. The Labute approximate surface area is 85.8 Å². The van der Waals surface area contributed by atoms with Gasteiger partial charge in [-0.05, 0) is 13.3 Å². The Balaban J connectivity index is 2.17.